The van der Waals surface area contributed by atoms with Gasteiger partial charge >= 0.3 is 0 Å². The molecule has 0 bridgehead atoms. The molecule has 2 atom stereocenters. The standard InChI is InChI=1S/C13H20N2O2/c1-10(7-12-3-2-6-17-12)15-13(16)8-11-4-5-14-9-11/h2-3,6,10-11,14H,4-5,7-9H2,1H3,(H,15,16). The molecular formula is C13H20N2O2. The molecule has 1 fully saturated rings. The third-order valence-electron chi connectivity index (χ3n) is 3.13. The molecule has 1 aromatic heterocycles. The Balaban J connectivity index is 1.70. The first kappa shape index (κ1) is 12.2. The number of nitrogens with one attached hydrogen (secondary N) is 2. The minimum Gasteiger partial charge on any atom is -0.469 e. The van der Waals surface area contributed by atoms with Crippen molar-refractivity contribution in [1.82, 2.24) is 10.6 Å². The van der Waals surface area contributed by atoms with Crippen LogP contribution in [-0.4, -0.2) is 25.0 Å². The highest BCUT2D eigenvalue weighted by atomic mass is 16.3. The average molecular weight is 236 g/mol. The van der Waals surface area contributed by atoms with Gasteiger partial charge in [0.05, 0.1) is 6.26 Å². The molecule has 4 heteroatoms. The van der Waals surface area contributed by atoms with Gasteiger partial charge in [-0.3, -0.25) is 4.79 Å². The van der Waals surface area contributed by atoms with Crippen molar-refractivity contribution in [3.63, 3.8) is 0 Å². The SMILES string of the molecule is CC(Cc1ccco1)NC(=O)CC1CCNC1. The van der Waals surface area contributed by atoms with Crippen LogP contribution in [0.25, 0.3) is 0 Å². The van der Waals surface area contributed by atoms with Crippen molar-refractivity contribution in [3.05, 3.63) is 24.2 Å². The van der Waals surface area contributed by atoms with Crippen molar-refractivity contribution in [3.8, 4) is 0 Å². The first-order valence-corrected chi connectivity index (χ1v) is 6.26. The fraction of sp³-hybridized carbons (Fsp3) is 0.615. The number of amides is 1. The van der Waals surface area contributed by atoms with Gasteiger partial charge in [-0.1, -0.05) is 0 Å². The van der Waals surface area contributed by atoms with Gasteiger partial charge in [0.1, 0.15) is 5.76 Å². The Morgan fingerprint density at radius 1 is 1.71 bits per heavy atom. The maximum atomic E-state index is 11.8. The summed E-state index contributed by atoms with van der Waals surface area (Å²) in [7, 11) is 0. The Labute approximate surface area is 102 Å². The number of hydrogen-bond acceptors (Lipinski definition) is 3. The van der Waals surface area contributed by atoms with Crippen LogP contribution in [0.1, 0.15) is 25.5 Å². The highest BCUT2D eigenvalue weighted by Gasteiger charge is 2.19. The van der Waals surface area contributed by atoms with E-state index < -0.39 is 0 Å². The van der Waals surface area contributed by atoms with E-state index in [-0.39, 0.29) is 11.9 Å². The summed E-state index contributed by atoms with van der Waals surface area (Å²) in [5.74, 6) is 1.57. The van der Waals surface area contributed by atoms with Crippen LogP contribution in [0.15, 0.2) is 22.8 Å². The largest absolute Gasteiger partial charge is 0.469 e. The Bertz CT molecular complexity index is 342. The molecule has 17 heavy (non-hydrogen) atoms. The van der Waals surface area contributed by atoms with E-state index in [1.54, 1.807) is 6.26 Å². The molecule has 1 aliphatic rings. The predicted molar refractivity (Wildman–Crippen MR) is 65.6 cm³/mol. The number of hydrogen-bond donors (Lipinski definition) is 2. The van der Waals surface area contributed by atoms with Crippen molar-refractivity contribution >= 4 is 5.91 Å². The lowest BCUT2D eigenvalue weighted by atomic mass is 10.0. The monoisotopic (exact) mass is 236 g/mol. The summed E-state index contributed by atoms with van der Waals surface area (Å²) in [4.78, 5) is 11.8. The molecule has 1 aliphatic heterocycles. The van der Waals surface area contributed by atoms with Crippen LogP contribution in [0.3, 0.4) is 0 Å². The van der Waals surface area contributed by atoms with Gasteiger partial charge in [0.15, 0.2) is 0 Å². The Kier molecular flexibility index (Phi) is 4.20. The van der Waals surface area contributed by atoms with Crippen LogP contribution in [0.5, 0.6) is 0 Å². The average Bonchev–Trinajstić information content (AvgIpc) is 2.90. The van der Waals surface area contributed by atoms with Gasteiger partial charge in [-0.2, -0.15) is 0 Å². The number of furan rings is 1. The molecule has 2 heterocycles. The van der Waals surface area contributed by atoms with Crippen molar-refractivity contribution in [2.75, 3.05) is 13.1 Å². The van der Waals surface area contributed by atoms with Crippen molar-refractivity contribution in [2.24, 2.45) is 5.92 Å². The lowest BCUT2D eigenvalue weighted by molar-refractivity contribution is -0.122. The molecule has 2 unspecified atom stereocenters. The van der Waals surface area contributed by atoms with Crippen LogP contribution in [0, 0.1) is 5.92 Å². The Hall–Kier alpha value is -1.29. The second-order valence-electron chi connectivity index (χ2n) is 4.81. The zero-order valence-corrected chi connectivity index (χ0v) is 10.2. The van der Waals surface area contributed by atoms with E-state index in [0.29, 0.717) is 12.3 Å². The summed E-state index contributed by atoms with van der Waals surface area (Å²) in [6.45, 7) is 4.02. The quantitative estimate of drug-likeness (QED) is 0.811. The zero-order valence-electron chi connectivity index (χ0n) is 10.2. The lowest BCUT2D eigenvalue weighted by Crippen LogP contribution is -2.35. The summed E-state index contributed by atoms with van der Waals surface area (Å²) < 4.78 is 5.26. The van der Waals surface area contributed by atoms with Gasteiger partial charge < -0.3 is 15.1 Å². The van der Waals surface area contributed by atoms with Crippen LogP contribution in [-0.2, 0) is 11.2 Å². The van der Waals surface area contributed by atoms with Crippen molar-refractivity contribution in [1.29, 1.82) is 0 Å². The van der Waals surface area contributed by atoms with E-state index in [4.69, 9.17) is 4.42 Å². The van der Waals surface area contributed by atoms with Crippen LogP contribution >= 0.6 is 0 Å². The maximum absolute atomic E-state index is 11.8. The van der Waals surface area contributed by atoms with E-state index >= 15 is 0 Å². The van der Waals surface area contributed by atoms with E-state index in [0.717, 1.165) is 31.7 Å². The van der Waals surface area contributed by atoms with E-state index in [9.17, 15) is 4.79 Å². The molecule has 1 aromatic rings. The highest BCUT2D eigenvalue weighted by Crippen LogP contribution is 2.12. The van der Waals surface area contributed by atoms with E-state index in [1.165, 1.54) is 0 Å². The second-order valence-corrected chi connectivity index (χ2v) is 4.81. The summed E-state index contributed by atoms with van der Waals surface area (Å²) >= 11 is 0. The molecule has 94 valence electrons. The third-order valence-corrected chi connectivity index (χ3v) is 3.13. The Morgan fingerprint density at radius 2 is 2.59 bits per heavy atom. The van der Waals surface area contributed by atoms with Crippen LogP contribution in [0.4, 0.5) is 0 Å². The van der Waals surface area contributed by atoms with Gasteiger partial charge in [-0.05, 0) is 44.5 Å². The predicted octanol–water partition coefficient (Wildman–Crippen LogP) is 1.33. The molecule has 1 saturated heterocycles. The van der Waals surface area contributed by atoms with E-state index in [1.807, 2.05) is 19.1 Å². The first-order valence-electron chi connectivity index (χ1n) is 6.26. The summed E-state index contributed by atoms with van der Waals surface area (Å²) in [6.07, 6.45) is 4.16. The molecule has 2 rings (SSSR count). The van der Waals surface area contributed by atoms with Crippen molar-refractivity contribution < 1.29 is 9.21 Å². The normalized spacial score (nSPS) is 21.4. The van der Waals surface area contributed by atoms with Gasteiger partial charge in [-0.15, -0.1) is 0 Å². The van der Waals surface area contributed by atoms with Gasteiger partial charge in [-0.25, -0.2) is 0 Å². The smallest absolute Gasteiger partial charge is 0.220 e. The lowest BCUT2D eigenvalue weighted by Gasteiger charge is -2.14. The fourth-order valence-electron chi connectivity index (χ4n) is 2.27. The molecule has 1 amide bonds. The second kappa shape index (κ2) is 5.87. The van der Waals surface area contributed by atoms with Crippen LogP contribution < -0.4 is 10.6 Å². The maximum Gasteiger partial charge on any atom is 0.220 e. The molecule has 4 nitrogen and oxygen atoms in total. The number of carbonyl (C=O) groups is 1. The van der Waals surface area contributed by atoms with E-state index in [2.05, 4.69) is 10.6 Å². The summed E-state index contributed by atoms with van der Waals surface area (Å²) in [6, 6.07) is 3.93. The molecule has 0 saturated carbocycles. The minimum absolute atomic E-state index is 0.128. The topological polar surface area (TPSA) is 54.3 Å². The Morgan fingerprint density at radius 3 is 3.24 bits per heavy atom. The molecule has 0 aliphatic carbocycles. The molecular weight excluding hydrogens is 216 g/mol. The fourth-order valence-corrected chi connectivity index (χ4v) is 2.27. The molecule has 0 aromatic carbocycles. The summed E-state index contributed by atoms with van der Waals surface area (Å²) in [5.41, 5.74) is 0. The van der Waals surface area contributed by atoms with Crippen LogP contribution in [0.2, 0.25) is 0 Å². The first-order chi connectivity index (χ1) is 8.24. The highest BCUT2D eigenvalue weighted by molar-refractivity contribution is 5.76. The van der Waals surface area contributed by atoms with Gasteiger partial charge in [0.25, 0.3) is 0 Å². The number of rotatable bonds is 5. The van der Waals surface area contributed by atoms with Crippen molar-refractivity contribution in [2.45, 2.75) is 32.2 Å². The minimum atomic E-state index is 0.128. The molecule has 2 N–H and O–H groups in total. The van der Waals surface area contributed by atoms with Gasteiger partial charge in [0.2, 0.25) is 5.91 Å². The molecule has 0 spiro atoms. The summed E-state index contributed by atoms with van der Waals surface area (Å²) in [5, 5.41) is 6.29. The number of carbonyl (C=O) groups excluding carboxylic acids is 1. The molecule has 0 radical (unpaired) electrons. The van der Waals surface area contributed by atoms with Gasteiger partial charge in [0, 0.05) is 18.9 Å². The zero-order chi connectivity index (χ0) is 12.1. The third kappa shape index (κ3) is 3.89.